The third kappa shape index (κ3) is 4.92. The molecule has 9 nitrogen and oxygen atoms in total. The van der Waals surface area contributed by atoms with Crippen LogP contribution in [0.4, 0.5) is 16.4 Å². The predicted octanol–water partition coefficient (Wildman–Crippen LogP) is 2.45. The molecular formula is C20H25N5O4. The molecule has 1 aromatic carbocycles. The number of carbonyl (C=O) groups excluding carboxylic acids is 2. The van der Waals surface area contributed by atoms with Gasteiger partial charge in [0.1, 0.15) is 5.75 Å². The molecule has 2 amide bonds. The normalized spacial score (nSPS) is 13.8. The van der Waals surface area contributed by atoms with E-state index in [1.165, 1.54) is 12.4 Å². The highest BCUT2D eigenvalue weighted by Gasteiger charge is 2.25. The van der Waals surface area contributed by atoms with E-state index in [0.717, 1.165) is 11.3 Å². The fourth-order valence-corrected chi connectivity index (χ4v) is 3.03. The number of nitrogens with one attached hydrogen (secondary N) is 1. The van der Waals surface area contributed by atoms with E-state index in [0.29, 0.717) is 50.0 Å². The topological polar surface area (TPSA) is 96.9 Å². The lowest BCUT2D eigenvalue weighted by molar-refractivity contribution is 0.0570. The van der Waals surface area contributed by atoms with Crippen LogP contribution in [0.3, 0.4) is 0 Å². The average Bonchev–Trinajstić information content (AvgIpc) is 2.74. The summed E-state index contributed by atoms with van der Waals surface area (Å²) in [5.41, 5.74) is 2.22. The molecule has 1 aromatic heterocycles. The monoisotopic (exact) mass is 399 g/mol. The molecule has 0 radical (unpaired) electrons. The van der Waals surface area contributed by atoms with Crippen molar-refractivity contribution < 1.29 is 19.1 Å². The summed E-state index contributed by atoms with van der Waals surface area (Å²) >= 11 is 0. The zero-order valence-electron chi connectivity index (χ0n) is 16.8. The Morgan fingerprint density at radius 2 is 1.76 bits per heavy atom. The van der Waals surface area contributed by atoms with Crippen LogP contribution in [-0.4, -0.2) is 71.7 Å². The molecule has 1 aliphatic heterocycles. The third-order valence-electron chi connectivity index (χ3n) is 4.59. The minimum absolute atomic E-state index is 0.159. The van der Waals surface area contributed by atoms with E-state index in [2.05, 4.69) is 15.3 Å². The molecule has 1 saturated heterocycles. The Hall–Kier alpha value is -3.36. The molecule has 1 fully saturated rings. The maximum absolute atomic E-state index is 12.7. The lowest BCUT2D eigenvalue weighted by atomic mass is 10.2. The Morgan fingerprint density at radius 1 is 1.10 bits per heavy atom. The Balaban J connectivity index is 1.61. The Bertz CT molecular complexity index is 864. The van der Waals surface area contributed by atoms with Gasteiger partial charge in [0.05, 0.1) is 25.0 Å². The lowest BCUT2D eigenvalue weighted by Crippen LogP contribution is -2.50. The van der Waals surface area contributed by atoms with Gasteiger partial charge in [-0.3, -0.25) is 4.79 Å². The van der Waals surface area contributed by atoms with Gasteiger partial charge in [-0.1, -0.05) is 6.07 Å². The molecule has 29 heavy (non-hydrogen) atoms. The molecule has 0 bridgehead atoms. The highest BCUT2D eigenvalue weighted by atomic mass is 16.6. The highest BCUT2D eigenvalue weighted by Crippen LogP contribution is 2.27. The van der Waals surface area contributed by atoms with E-state index in [1.54, 1.807) is 23.8 Å². The number of rotatable bonds is 5. The fourth-order valence-electron chi connectivity index (χ4n) is 3.03. The number of carbonyl (C=O) groups is 2. The summed E-state index contributed by atoms with van der Waals surface area (Å²) in [5.74, 6) is 0.893. The van der Waals surface area contributed by atoms with Crippen molar-refractivity contribution in [2.24, 2.45) is 0 Å². The fraction of sp³-hybridized carbons (Fsp3) is 0.400. The number of anilines is 2. The largest absolute Gasteiger partial charge is 0.495 e. The summed E-state index contributed by atoms with van der Waals surface area (Å²) in [5, 5.41) is 3.11. The molecule has 0 atom stereocenters. The molecule has 0 spiro atoms. The first-order valence-corrected chi connectivity index (χ1v) is 9.46. The van der Waals surface area contributed by atoms with E-state index in [9.17, 15) is 9.59 Å². The van der Waals surface area contributed by atoms with Crippen LogP contribution >= 0.6 is 0 Å². The maximum Gasteiger partial charge on any atom is 0.409 e. The number of hydrogen-bond donors (Lipinski definition) is 1. The Morgan fingerprint density at radius 3 is 2.38 bits per heavy atom. The number of aromatic nitrogens is 2. The van der Waals surface area contributed by atoms with Gasteiger partial charge >= 0.3 is 6.09 Å². The van der Waals surface area contributed by atoms with Crippen molar-refractivity contribution in [3.63, 3.8) is 0 Å². The third-order valence-corrected chi connectivity index (χ3v) is 4.59. The number of methoxy groups -OCH3 is 1. The van der Waals surface area contributed by atoms with Crippen molar-refractivity contribution in [3.8, 4) is 5.75 Å². The summed E-state index contributed by atoms with van der Waals surface area (Å²) in [6.45, 7) is 5.86. The number of nitrogens with zero attached hydrogens (tertiary/aromatic N) is 4. The highest BCUT2D eigenvalue weighted by molar-refractivity contribution is 5.94. The van der Waals surface area contributed by atoms with Crippen LogP contribution in [0.1, 0.15) is 22.8 Å². The van der Waals surface area contributed by atoms with Crippen LogP contribution in [0.15, 0.2) is 30.6 Å². The van der Waals surface area contributed by atoms with Gasteiger partial charge in [0, 0.05) is 38.6 Å². The van der Waals surface area contributed by atoms with Gasteiger partial charge in [0.25, 0.3) is 5.91 Å². The molecule has 154 valence electrons. The van der Waals surface area contributed by atoms with Crippen molar-refractivity contribution in [2.75, 3.05) is 45.2 Å². The van der Waals surface area contributed by atoms with Crippen molar-refractivity contribution in [1.29, 1.82) is 0 Å². The van der Waals surface area contributed by atoms with Gasteiger partial charge in [0.15, 0.2) is 0 Å². The molecular weight excluding hydrogens is 374 g/mol. The first-order valence-electron chi connectivity index (χ1n) is 9.46. The van der Waals surface area contributed by atoms with Gasteiger partial charge in [-0.25, -0.2) is 14.8 Å². The summed E-state index contributed by atoms with van der Waals surface area (Å²) in [4.78, 5) is 36.2. The molecule has 0 unspecified atom stereocenters. The second-order valence-corrected chi connectivity index (χ2v) is 6.60. The van der Waals surface area contributed by atoms with Crippen LogP contribution in [0, 0.1) is 6.92 Å². The second-order valence-electron chi connectivity index (χ2n) is 6.60. The molecule has 3 rings (SSSR count). The number of benzene rings is 1. The van der Waals surface area contributed by atoms with Crippen molar-refractivity contribution in [3.05, 3.63) is 41.7 Å². The molecule has 0 saturated carbocycles. The maximum atomic E-state index is 12.7. The quantitative estimate of drug-likeness (QED) is 0.825. The average molecular weight is 399 g/mol. The molecule has 1 aliphatic rings. The first kappa shape index (κ1) is 20.4. The number of ether oxygens (including phenoxy) is 2. The smallest absolute Gasteiger partial charge is 0.409 e. The zero-order valence-corrected chi connectivity index (χ0v) is 16.8. The number of hydrogen-bond acceptors (Lipinski definition) is 7. The van der Waals surface area contributed by atoms with Crippen molar-refractivity contribution in [1.82, 2.24) is 19.8 Å². The van der Waals surface area contributed by atoms with E-state index >= 15 is 0 Å². The van der Waals surface area contributed by atoms with Gasteiger partial charge in [-0.05, 0) is 31.5 Å². The van der Waals surface area contributed by atoms with E-state index in [1.807, 2.05) is 25.1 Å². The SMILES string of the molecule is CCOC(=O)N1CCN(C(=O)c2cnc(Nc3cc(C)ccc3OC)nc2)CC1. The van der Waals surface area contributed by atoms with Crippen LogP contribution in [0.2, 0.25) is 0 Å². The molecule has 2 aromatic rings. The van der Waals surface area contributed by atoms with Crippen LogP contribution in [0.25, 0.3) is 0 Å². The van der Waals surface area contributed by atoms with Crippen LogP contribution in [0.5, 0.6) is 5.75 Å². The Kier molecular flexibility index (Phi) is 6.48. The molecule has 0 aliphatic carbocycles. The van der Waals surface area contributed by atoms with Gasteiger partial charge in [-0.2, -0.15) is 0 Å². The van der Waals surface area contributed by atoms with E-state index in [-0.39, 0.29) is 12.0 Å². The standard InChI is InChI=1S/C20H25N5O4/c1-4-29-20(27)25-9-7-24(8-10-25)18(26)15-12-21-19(22-13-15)23-16-11-14(2)5-6-17(16)28-3/h5-6,11-13H,4,7-10H2,1-3H3,(H,21,22,23). The van der Waals surface area contributed by atoms with Gasteiger partial charge < -0.3 is 24.6 Å². The van der Waals surface area contributed by atoms with Crippen LogP contribution < -0.4 is 10.1 Å². The minimum atomic E-state index is -0.343. The van der Waals surface area contributed by atoms with Crippen LogP contribution in [-0.2, 0) is 4.74 Å². The van der Waals surface area contributed by atoms with Gasteiger partial charge in [0.2, 0.25) is 5.95 Å². The number of piperazine rings is 1. The molecule has 1 N–H and O–H groups in total. The lowest BCUT2D eigenvalue weighted by Gasteiger charge is -2.33. The molecule has 9 heteroatoms. The van der Waals surface area contributed by atoms with Crippen molar-refractivity contribution in [2.45, 2.75) is 13.8 Å². The Labute approximate surface area is 169 Å². The number of aryl methyl sites for hydroxylation is 1. The van der Waals surface area contributed by atoms with Gasteiger partial charge in [-0.15, -0.1) is 0 Å². The van der Waals surface area contributed by atoms with Crippen molar-refractivity contribution >= 4 is 23.6 Å². The second kappa shape index (κ2) is 9.22. The zero-order chi connectivity index (χ0) is 20.8. The van der Waals surface area contributed by atoms with E-state index < -0.39 is 0 Å². The number of amides is 2. The summed E-state index contributed by atoms with van der Waals surface area (Å²) in [6, 6.07) is 5.75. The summed E-state index contributed by atoms with van der Waals surface area (Å²) in [7, 11) is 1.60. The molecule has 2 heterocycles. The summed E-state index contributed by atoms with van der Waals surface area (Å²) < 4.78 is 10.3. The predicted molar refractivity (Wildman–Crippen MR) is 108 cm³/mol. The first-order chi connectivity index (χ1) is 14.0. The van der Waals surface area contributed by atoms with E-state index in [4.69, 9.17) is 9.47 Å². The minimum Gasteiger partial charge on any atom is -0.495 e. The summed E-state index contributed by atoms with van der Waals surface area (Å²) in [6.07, 6.45) is 2.65.